The summed E-state index contributed by atoms with van der Waals surface area (Å²) in [6.45, 7) is 2.99. The number of H-pyrrole nitrogens is 1. The van der Waals surface area contributed by atoms with Crippen LogP contribution in [0.4, 0.5) is 0 Å². The number of carbonyl (C=O) groups excluding carboxylic acids is 1. The lowest BCUT2D eigenvalue weighted by molar-refractivity contribution is -0.132. The van der Waals surface area contributed by atoms with Crippen LogP contribution in [0.15, 0.2) is 51.9 Å². The molecule has 1 aliphatic rings. The molecule has 0 unspecified atom stereocenters. The Morgan fingerprint density at radius 3 is 2.74 bits per heavy atom. The molecule has 1 saturated heterocycles. The van der Waals surface area contributed by atoms with Crippen molar-refractivity contribution in [3.8, 4) is 22.7 Å². The Hall–Kier alpha value is -4.25. The highest BCUT2D eigenvalue weighted by Crippen LogP contribution is 2.30. The summed E-state index contributed by atoms with van der Waals surface area (Å²) >= 11 is 6.37. The monoisotopic (exact) mass is 532 g/mol. The summed E-state index contributed by atoms with van der Waals surface area (Å²) in [5.74, 6) is 1.31. The Bertz CT molecular complexity index is 1690. The number of fused-ring (bicyclic) bond motifs is 1. The lowest BCUT2D eigenvalue weighted by Gasteiger charge is -2.32. The van der Waals surface area contributed by atoms with Gasteiger partial charge in [0.05, 0.1) is 11.2 Å². The zero-order valence-electron chi connectivity index (χ0n) is 20.9. The van der Waals surface area contributed by atoms with Crippen molar-refractivity contribution >= 4 is 28.7 Å². The molecule has 0 spiro atoms. The molecule has 0 atom stereocenters. The fraction of sp³-hybridized carbons (Fsp3) is 0.308. The first-order chi connectivity index (χ1) is 18.4. The van der Waals surface area contributed by atoms with Crippen LogP contribution in [0.25, 0.3) is 33.9 Å². The van der Waals surface area contributed by atoms with Gasteiger partial charge in [-0.15, -0.1) is 10.2 Å². The van der Waals surface area contributed by atoms with E-state index in [2.05, 4.69) is 25.1 Å². The molecule has 1 N–H and O–H groups in total. The van der Waals surface area contributed by atoms with Crippen LogP contribution in [0.3, 0.4) is 0 Å². The Morgan fingerprint density at radius 2 is 1.97 bits per heavy atom. The number of amides is 1. The lowest BCUT2D eigenvalue weighted by atomic mass is 10.0. The van der Waals surface area contributed by atoms with Gasteiger partial charge in [0.25, 0.3) is 0 Å². The largest absolute Gasteiger partial charge is 0.420 e. The molecule has 0 saturated carbocycles. The maximum atomic E-state index is 13.0. The van der Waals surface area contributed by atoms with Gasteiger partial charge in [0.15, 0.2) is 5.65 Å². The zero-order chi connectivity index (χ0) is 26.4. The van der Waals surface area contributed by atoms with Crippen molar-refractivity contribution < 1.29 is 9.21 Å². The topological polar surface area (TPSA) is 128 Å². The number of imidazole rings is 2. The van der Waals surface area contributed by atoms with E-state index in [1.807, 2.05) is 49.0 Å². The van der Waals surface area contributed by atoms with Gasteiger partial charge in [0.1, 0.15) is 12.2 Å². The van der Waals surface area contributed by atoms with Crippen LogP contribution in [0, 0.1) is 6.92 Å². The summed E-state index contributed by atoms with van der Waals surface area (Å²) in [6.07, 6.45) is 4.92. The lowest BCUT2D eigenvalue weighted by Crippen LogP contribution is -2.41. The van der Waals surface area contributed by atoms with Gasteiger partial charge in [-0.2, -0.15) is 0 Å². The van der Waals surface area contributed by atoms with Crippen LogP contribution >= 0.6 is 11.6 Å². The van der Waals surface area contributed by atoms with E-state index in [-0.39, 0.29) is 35.8 Å². The number of hydrogen-bond donors (Lipinski definition) is 1. The third-order valence-electron chi connectivity index (χ3n) is 6.99. The molecule has 12 heteroatoms. The van der Waals surface area contributed by atoms with Crippen molar-refractivity contribution in [2.45, 2.75) is 32.2 Å². The SMILES string of the molecule is Cc1nc(-c2cc(Cl)cc(-c3nnc(CC(=O)N4CCC(n5c(=O)[nH]c6ncccc65)CC4)o3)c2)cn1C. The minimum Gasteiger partial charge on any atom is -0.420 e. The molecule has 0 aliphatic carbocycles. The standard InChI is InChI=1S/C26H25ClN8O3/c1-15-29-20(14-33(15)2)16-10-17(12-18(27)11-16)25-32-31-22(38-25)13-23(36)34-8-5-19(6-9-34)35-21-4-3-7-28-24(21)30-26(35)37/h3-4,7,10-12,14,19H,5-6,8-9,13H2,1-2H3,(H,28,30,37). The second-order valence-electron chi connectivity index (χ2n) is 9.47. The van der Waals surface area contributed by atoms with Crippen LogP contribution < -0.4 is 5.69 Å². The molecular weight excluding hydrogens is 508 g/mol. The fourth-order valence-corrected chi connectivity index (χ4v) is 5.17. The van der Waals surface area contributed by atoms with E-state index in [0.29, 0.717) is 42.2 Å². The highest BCUT2D eigenvalue weighted by Gasteiger charge is 2.27. The van der Waals surface area contributed by atoms with Crippen LogP contribution in [-0.4, -0.2) is 58.2 Å². The average molecular weight is 533 g/mol. The zero-order valence-corrected chi connectivity index (χ0v) is 21.6. The Morgan fingerprint density at radius 1 is 1.18 bits per heavy atom. The summed E-state index contributed by atoms with van der Waals surface area (Å²) in [5, 5.41) is 8.76. The molecule has 0 radical (unpaired) electrons. The Balaban J connectivity index is 1.13. The minimum absolute atomic E-state index is 0.000533. The number of halogens is 1. The van der Waals surface area contributed by atoms with E-state index >= 15 is 0 Å². The van der Waals surface area contributed by atoms with Gasteiger partial charge >= 0.3 is 5.69 Å². The summed E-state index contributed by atoms with van der Waals surface area (Å²) in [4.78, 5) is 38.9. The normalized spacial score (nSPS) is 14.4. The van der Waals surface area contributed by atoms with Crippen molar-refractivity contribution in [3.05, 3.63) is 69.9 Å². The first-order valence-electron chi connectivity index (χ1n) is 12.3. The molecule has 11 nitrogen and oxygen atoms in total. The second-order valence-corrected chi connectivity index (χ2v) is 9.91. The van der Waals surface area contributed by atoms with Crippen LogP contribution in [0.5, 0.6) is 0 Å². The first-order valence-corrected chi connectivity index (χ1v) is 12.7. The van der Waals surface area contributed by atoms with Crippen molar-refractivity contribution in [1.29, 1.82) is 0 Å². The molecule has 1 amide bonds. The number of hydrogen-bond acceptors (Lipinski definition) is 7. The summed E-state index contributed by atoms with van der Waals surface area (Å²) < 4.78 is 9.53. The van der Waals surface area contributed by atoms with Gasteiger partial charge in [0.2, 0.25) is 17.7 Å². The summed E-state index contributed by atoms with van der Waals surface area (Å²) in [6, 6.07) is 9.16. The van der Waals surface area contributed by atoms with E-state index in [1.54, 1.807) is 21.7 Å². The van der Waals surface area contributed by atoms with Crippen molar-refractivity contribution in [2.75, 3.05) is 13.1 Å². The quantitative estimate of drug-likeness (QED) is 0.366. The number of nitrogens with zero attached hydrogens (tertiary/aromatic N) is 7. The predicted molar refractivity (Wildman–Crippen MR) is 141 cm³/mol. The summed E-state index contributed by atoms with van der Waals surface area (Å²) in [5.41, 5.74) is 3.46. The number of likely N-dealkylation sites (tertiary alicyclic amines) is 1. The summed E-state index contributed by atoms with van der Waals surface area (Å²) in [7, 11) is 1.93. The number of aryl methyl sites for hydroxylation is 2. The van der Waals surface area contributed by atoms with Gasteiger partial charge in [-0.3, -0.25) is 14.3 Å². The number of rotatable bonds is 5. The van der Waals surface area contributed by atoms with Gasteiger partial charge in [-0.1, -0.05) is 11.6 Å². The molecule has 6 rings (SSSR count). The van der Waals surface area contributed by atoms with E-state index in [4.69, 9.17) is 16.0 Å². The maximum Gasteiger partial charge on any atom is 0.327 e. The molecule has 194 valence electrons. The van der Waals surface area contributed by atoms with Gasteiger partial charge < -0.3 is 13.9 Å². The maximum absolute atomic E-state index is 13.0. The molecule has 0 bridgehead atoms. The molecule has 4 aromatic heterocycles. The van der Waals surface area contributed by atoms with Crippen molar-refractivity contribution in [1.82, 2.24) is 39.2 Å². The van der Waals surface area contributed by atoms with E-state index in [0.717, 1.165) is 22.6 Å². The van der Waals surface area contributed by atoms with Gasteiger partial charge in [-0.05, 0) is 50.1 Å². The van der Waals surface area contributed by atoms with Crippen LogP contribution in [-0.2, 0) is 18.3 Å². The second kappa shape index (κ2) is 9.56. The van der Waals surface area contributed by atoms with Crippen molar-refractivity contribution in [2.24, 2.45) is 7.05 Å². The Kier molecular flexibility index (Phi) is 6.07. The Labute approximate surface area is 222 Å². The third-order valence-corrected chi connectivity index (χ3v) is 7.21. The van der Waals surface area contributed by atoms with E-state index in [1.165, 1.54) is 0 Å². The fourth-order valence-electron chi connectivity index (χ4n) is 4.94. The highest BCUT2D eigenvalue weighted by atomic mass is 35.5. The molecule has 1 aliphatic heterocycles. The van der Waals surface area contributed by atoms with E-state index < -0.39 is 0 Å². The van der Waals surface area contributed by atoms with Gasteiger partial charge in [-0.25, -0.2) is 14.8 Å². The van der Waals surface area contributed by atoms with Gasteiger partial charge in [0, 0.05) is 54.7 Å². The number of pyridine rings is 1. The average Bonchev–Trinajstić information content (AvgIpc) is 3.60. The number of carbonyl (C=O) groups is 1. The highest BCUT2D eigenvalue weighted by molar-refractivity contribution is 6.31. The molecule has 1 aromatic carbocycles. The first kappa shape index (κ1) is 24.1. The molecule has 38 heavy (non-hydrogen) atoms. The number of nitrogens with one attached hydrogen (secondary N) is 1. The number of aromatic amines is 1. The number of aromatic nitrogens is 7. The molecule has 5 heterocycles. The number of benzene rings is 1. The van der Waals surface area contributed by atoms with E-state index in [9.17, 15) is 9.59 Å². The smallest absolute Gasteiger partial charge is 0.327 e. The van der Waals surface area contributed by atoms with Crippen LogP contribution in [0.1, 0.15) is 30.6 Å². The molecule has 1 fully saturated rings. The van der Waals surface area contributed by atoms with Crippen LogP contribution in [0.2, 0.25) is 5.02 Å². The number of piperidine rings is 1. The minimum atomic E-state index is -0.177. The van der Waals surface area contributed by atoms with Crippen molar-refractivity contribution in [3.63, 3.8) is 0 Å². The molecular formula is C26H25ClN8O3. The molecule has 5 aromatic rings. The predicted octanol–water partition coefficient (Wildman–Crippen LogP) is 3.54. The third kappa shape index (κ3) is 4.49.